The Kier molecular flexibility index (Phi) is 18.4. The van der Waals surface area contributed by atoms with Crippen LogP contribution >= 0.6 is 7.82 Å². The molecule has 0 fully saturated rings. The van der Waals surface area contributed by atoms with Gasteiger partial charge in [0, 0.05) is 0 Å². The van der Waals surface area contributed by atoms with E-state index in [9.17, 15) is 28.8 Å². The minimum atomic E-state index is -4.64. The summed E-state index contributed by atoms with van der Waals surface area (Å²) in [6, 6.07) is 0. The molecule has 0 rings (SSSR count). The Morgan fingerprint density at radius 1 is 0.483 bits per heavy atom. The highest BCUT2D eigenvalue weighted by atomic mass is 31.2. The molecule has 0 spiro atoms. The van der Waals surface area contributed by atoms with Gasteiger partial charge in [-0.15, -0.1) is 0 Å². The number of hydrogen-bond acceptors (Lipinski definition) is 7. The van der Waals surface area contributed by atoms with E-state index in [1.54, 1.807) is 0 Å². The molecule has 0 saturated carbocycles. The van der Waals surface area contributed by atoms with Crippen LogP contribution in [0.15, 0.2) is 0 Å². The van der Waals surface area contributed by atoms with Crippen molar-refractivity contribution in [1.29, 1.82) is 0 Å². The Morgan fingerprint density at radius 2 is 0.552 bits per heavy atom. The molecule has 0 aliphatic rings. The zero-order valence-corrected chi connectivity index (χ0v) is 16.0. The fraction of sp³-hybridized carbons (Fsp3) is 0.500. The third-order valence-corrected chi connectivity index (χ3v) is 2.22. The number of hydrogen-bond donors (Lipinski definition) is 9. The number of phosphoric acid groups is 1. The molecule has 0 atom stereocenters. The van der Waals surface area contributed by atoms with Crippen LogP contribution in [0.25, 0.3) is 0 Å². The molecule has 0 amide bonds. The predicted molar refractivity (Wildman–Crippen MR) is 87.6 cm³/mol. The lowest BCUT2D eigenvalue weighted by Gasteiger charge is -1.94. The minimum absolute atomic E-state index is 1.12. The van der Waals surface area contributed by atoms with Gasteiger partial charge in [0.25, 0.3) is 0 Å². The molecule has 0 bridgehead atoms. The van der Waals surface area contributed by atoms with Gasteiger partial charge in [-0.2, -0.15) is 0 Å². The third kappa shape index (κ3) is 29.9. The summed E-state index contributed by atoms with van der Waals surface area (Å²) in [7, 11) is -4.64. The average Bonchev–Trinajstić information content (AvgIpc) is 2.51. The summed E-state index contributed by atoms with van der Waals surface area (Å²) in [6.07, 6.45) is 0. The van der Waals surface area contributed by atoms with E-state index >= 15 is 0 Å². The van der Waals surface area contributed by atoms with Crippen molar-refractivity contribution in [3.05, 3.63) is 0 Å². The minimum Gasteiger partial charge on any atom is -0.481 e. The first-order valence-electron chi connectivity index (χ1n) is 6.81. The quantitative estimate of drug-likeness (QED) is 0.162. The molecule has 0 unspecified atom stereocenters. The topological polar surface area (TPSA) is 302 Å². The van der Waals surface area contributed by atoms with Gasteiger partial charge in [0.05, 0.1) is 0 Å². The first kappa shape index (κ1) is 33.5. The van der Waals surface area contributed by atoms with Crippen molar-refractivity contribution in [1.82, 2.24) is 0 Å². The van der Waals surface area contributed by atoms with E-state index in [-0.39, 0.29) is 0 Å². The normalized spacial score (nSPS) is 9.69. The van der Waals surface area contributed by atoms with Gasteiger partial charge in [0.2, 0.25) is 0 Å². The van der Waals surface area contributed by atoms with Crippen LogP contribution in [0.5, 0.6) is 0 Å². The van der Waals surface area contributed by atoms with Gasteiger partial charge in [0.1, 0.15) is 0 Å². The van der Waals surface area contributed by atoms with Crippen molar-refractivity contribution >= 4 is 43.6 Å². The summed E-state index contributed by atoms with van der Waals surface area (Å²) >= 11 is 0. The second kappa shape index (κ2) is 15.9. The summed E-state index contributed by atoms with van der Waals surface area (Å²) in [6.45, 7) is 3.35. The van der Waals surface area contributed by atoms with E-state index in [4.69, 9.17) is 49.9 Å². The summed E-state index contributed by atoms with van der Waals surface area (Å²) in [5.74, 6) is -11.7. The Bertz CT molecular complexity index is 512. The molecule has 9 N–H and O–H groups in total. The van der Waals surface area contributed by atoms with Crippen LogP contribution in [0.1, 0.15) is 20.8 Å². The largest absolute Gasteiger partial charge is 0.481 e. The molecule has 0 aromatic heterocycles. The van der Waals surface area contributed by atoms with Crippen molar-refractivity contribution in [3.8, 4) is 0 Å². The molecule has 0 aliphatic heterocycles. The number of carboxylic acid groups (broad SMARTS) is 6. The van der Waals surface area contributed by atoms with Gasteiger partial charge in [0.15, 0.2) is 17.8 Å². The maximum atomic E-state index is 9.76. The smallest absolute Gasteiger partial charge is 0.466 e. The van der Waals surface area contributed by atoms with E-state index in [1.165, 1.54) is 0 Å². The monoisotopic (exact) mass is 452 g/mol. The van der Waals surface area contributed by atoms with Crippen molar-refractivity contribution in [2.24, 2.45) is 17.8 Å². The highest BCUT2D eigenvalue weighted by Crippen LogP contribution is 2.25. The zero-order chi connectivity index (χ0) is 24.7. The lowest BCUT2D eigenvalue weighted by atomic mass is 10.2. The van der Waals surface area contributed by atoms with Crippen LogP contribution in [-0.4, -0.2) is 81.1 Å². The molecule has 16 nitrogen and oxygen atoms in total. The molecular formula is C12H21O16P. The second-order valence-corrected chi connectivity index (χ2v) is 5.73. The van der Waals surface area contributed by atoms with Gasteiger partial charge >= 0.3 is 43.6 Å². The SMILES string of the molecule is CC(C(=O)O)C(=O)O.CC(C(=O)O)C(=O)O.CC(C(=O)O)C(=O)O.O=P(O)(O)O. The first-order valence-corrected chi connectivity index (χ1v) is 8.38. The standard InChI is InChI=1S/3C4H6O4.H3O4P/c3*1-2(3(5)6)4(7)8;1-5(2,3)4/h3*2H,1H3,(H,5,6)(H,7,8);(H3,1,2,3,4). The molecular weight excluding hydrogens is 431 g/mol. The maximum Gasteiger partial charge on any atom is 0.466 e. The lowest BCUT2D eigenvalue weighted by molar-refractivity contribution is -0.155. The molecule has 0 heterocycles. The number of carboxylic acids is 6. The van der Waals surface area contributed by atoms with E-state index < -0.39 is 61.4 Å². The van der Waals surface area contributed by atoms with Gasteiger partial charge in [-0.1, -0.05) is 0 Å². The Balaban J connectivity index is -0.000000146. The molecule has 17 heteroatoms. The van der Waals surface area contributed by atoms with E-state index in [2.05, 4.69) is 0 Å². The van der Waals surface area contributed by atoms with Crippen LogP contribution in [0.3, 0.4) is 0 Å². The van der Waals surface area contributed by atoms with Crippen molar-refractivity contribution < 1.29 is 78.7 Å². The summed E-state index contributed by atoms with van der Waals surface area (Å²) in [5, 5.41) is 47.8. The maximum absolute atomic E-state index is 9.76. The second-order valence-electron chi connectivity index (χ2n) is 4.71. The lowest BCUT2D eigenvalue weighted by Crippen LogP contribution is -2.19. The van der Waals surface area contributed by atoms with Crippen molar-refractivity contribution in [3.63, 3.8) is 0 Å². The van der Waals surface area contributed by atoms with Gasteiger partial charge < -0.3 is 45.3 Å². The molecule has 0 radical (unpaired) electrons. The molecule has 0 aromatic rings. The summed E-state index contributed by atoms with van der Waals surface area (Å²) in [5.41, 5.74) is 0. The molecule has 29 heavy (non-hydrogen) atoms. The van der Waals surface area contributed by atoms with E-state index in [0.717, 1.165) is 20.8 Å². The fourth-order valence-corrected chi connectivity index (χ4v) is 0.317. The first-order chi connectivity index (χ1) is 12.7. The highest BCUT2D eigenvalue weighted by molar-refractivity contribution is 7.45. The summed E-state index contributed by atoms with van der Waals surface area (Å²) in [4.78, 5) is 80.1. The number of carbonyl (C=O) groups is 6. The fourth-order valence-electron chi connectivity index (χ4n) is 0.317. The molecule has 170 valence electrons. The molecule has 0 aliphatic carbocycles. The van der Waals surface area contributed by atoms with Crippen LogP contribution in [0.2, 0.25) is 0 Å². The van der Waals surface area contributed by atoms with Crippen LogP contribution < -0.4 is 0 Å². The molecule has 0 aromatic carbocycles. The van der Waals surface area contributed by atoms with Crippen molar-refractivity contribution in [2.75, 3.05) is 0 Å². The van der Waals surface area contributed by atoms with Gasteiger partial charge in [-0.05, 0) is 20.8 Å². The third-order valence-electron chi connectivity index (χ3n) is 2.22. The zero-order valence-electron chi connectivity index (χ0n) is 15.1. The van der Waals surface area contributed by atoms with Crippen LogP contribution in [-0.2, 0) is 33.3 Å². The van der Waals surface area contributed by atoms with Crippen LogP contribution in [0.4, 0.5) is 0 Å². The van der Waals surface area contributed by atoms with Gasteiger partial charge in [-0.3, -0.25) is 28.8 Å². The number of rotatable bonds is 6. The van der Waals surface area contributed by atoms with Crippen molar-refractivity contribution in [2.45, 2.75) is 20.8 Å². The summed E-state index contributed by atoms with van der Waals surface area (Å²) < 4.78 is 8.88. The Hall–Kier alpha value is -3.07. The Labute approximate surface area is 161 Å². The van der Waals surface area contributed by atoms with E-state index in [0.29, 0.717) is 0 Å². The Morgan fingerprint density at radius 3 is 0.552 bits per heavy atom. The number of aliphatic carboxylic acids is 6. The highest BCUT2D eigenvalue weighted by Gasteiger charge is 2.19. The predicted octanol–water partition coefficient (Wildman–Crippen LogP) is -1.55. The average molecular weight is 452 g/mol. The van der Waals surface area contributed by atoms with E-state index in [1.807, 2.05) is 0 Å². The van der Waals surface area contributed by atoms with Crippen LogP contribution in [0, 0.1) is 17.8 Å². The van der Waals surface area contributed by atoms with Gasteiger partial charge in [-0.25, -0.2) is 4.57 Å². The molecule has 0 saturated heterocycles.